The third-order valence-electron chi connectivity index (χ3n) is 4.50. The van der Waals surface area contributed by atoms with Crippen LogP contribution in [-0.4, -0.2) is 20.7 Å². The molecular formula is C22H20N4OS. The van der Waals surface area contributed by atoms with Crippen LogP contribution < -0.4 is 5.73 Å². The van der Waals surface area contributed by atoms with Gasteiger partial charge in [0.25, 0.3) is 0 Å². The highest BCUT2D eigenvalue weighted by Crippen LogP contribution is 2.38. The predicted octanol–water partition coefficient (Wildman–Crippen LogP) is 4.91. The van der Waals surface area contributed by atoms with Crippen LogP contribution in [0.5, 0.6) is 0 Å². The molecule has 0 aliphatic heterocycles. The minimum absolute atomic E-state index is 0.216. The lowest BCUT2D eigenvalue weighted by Crippen LogP contribution is -2.00. The van der Waals surface area contributed by atoms with Gasteiger partial charge in [0, 0.05) is 36.1 Å². The molecule has 1 aromatic carbocycles. The van der Waals surface area contributed by atoms with Gasteiger partial charge < -0.3 is 5.73 Å². The van der Waals surface area contributed by atoms with Crippen molar-refractivity contribution in [1.82, 2.24) is 15.0 Å². The lowest BCUT2D eigenvalue weighted by molar-refractivity contribution is -0.118. The first-order valence-corrected chi connectivity index (χ1v) is 10.0. The molecule has 5 nitrogen and oxygen atoms in total. The molecule has 4 aromatic rings. The van der Waals surface area contributed by atoms with Crippen molar-refractivity contribution in [3.05, 3.63) is 60.0 Å². The second kappa shape index (κ2) is 7.86. The molecule has 0 bridgehead atoms. The minimum Gasteiger partial charge on any atom is -0.397 e. The molecule has 3 aromatic heterocycles. The van der Waals surface area contributed by atoms with Gasteiger partial charge in [0.15, 0.2) is 0 Å². The van der Waals surface area contributed by atoms with Gasteiger partial charge in [0.1, 0.15) is 10.8 Å². The van der Waals surface area contributed by atoms with Crippen LogP contribution in [0, 0.1) is 0 Å². The SMILES string of the molecule is CCCC(=O)Cc1nc2cc(-c3cccnc3)cc(-c3ncccc3N)c2s1. The summed E-state index contributed by atoms with van der Waals surface area (Å²) in [7, 11) is 0. The van der Waals surface area contributed by atoms with E-state index in [0.717, 1.165) is 44.0 Å². The van der Waals surface area contributed by atoms with E-state index in [-0.39, 0.29) is 5.78 Å². The summed E-state index contributed by atoms with van der Waals surface area (Å²) in [5, 5.41) is 0.826. The monoisotopic (exact) mass is 388 g/mol. The van der Waals surface area contributed by atoms with E-state index in [2.05, 4.69) is 16.0 Å². The van der Waals surface area contributed by atoms with Gasteiger partial charge in [-0.25, -0.2) is 4.98 Å². The third kappa shape index (κ3) is 3.64. The van der Waals surface area contributed by atoms with Crippen LogP contribution in [0.1, 0.15) is 24.8 Å². The Bertz CT molecular complexity index is 1140. The van der Waals surface area contributed by atoms with Gasteiger partial charge >= 0.3 is 0 Å². The number of carbonyl (C=O) groups is 1. The number of thiazole rings is 1. The number of hydrogen-bond acceptors (Lipinski definition) is 6. The number of Topliss-reactive ketones (excluding diaryl/α,β-unsaturated/α-hetero) is 1. The Hall–Kier alpha value is -3.12. The number of fused-ring (bicyclic) bond motifs is 1. The van der Waals surface area contributed by atoms with E-state index in [9.17, 15) is 4.79 Å². The molecule has 0 radical (unpaired) electrons. The lowest BCUT2D eigenvalue weighted by Gasteiger charge is -2.08. The first-order chi connectivity index (χ1) is 13.7. The molecule has 0 unspecified atom stereocenters. The van der Waals surface area contributed by atoms with Crippen molar-refractivity contribution in [2.75, 3.05) is 5.73 Å². The van der Waals surface area contributed by atoms with Gasteiger partial charge in [-0.2, -0.15) is 0 Å². The third-order valence-corrected chi connectivity index (χ3v) is 5.60. The van der Waals surface area contributed by atoms with Crippen LogP contribution in [0.25, 0.3) is 32.6 Å². The van der Waals surface area contributed by atoms with Gasteiger partial charge in [0.05, 0.1) is 28.0 Å². The zero-order chi connectivity index (χ0) is 19.5. The van der Waals surface area contributed by atoms with Gasteiger partial charge in [-0.1, -0.05) is 13.0 Å². The number of ketones is 1. The van der Waals surface area contributed by atoms with E-state index in [1.165, 1.54) is 0 Å². The highest BCUT2D eigenvalue weighted by Gasteiger charge is 2.16. The molecule has 3 heterocycles. The topological polar surface area (TPSA) is 81.8 Å². The van der Waals surface area contributed by atoms with Crippen LogP contribution in [0.3, 0.4) is 0 Å². The Balaban J connectivity index is 1.90. The molecular weight excluding hydrogens is 368 g/mol. The van der Waals surface area contributed by atoms with E-state index in [1.807, 2.05) is 43.5 Å². The van der Waals surface area contributed by atoms with Crippen LogP contribution in [0.2, 0.25) is 0 Å². The van der Waals surface area contributed by atoms with E-state index in [4.69, 9.17) is 10.7 Å². The maximum atomic E-state index is 12.1. The number of aromatic nitrogens is 3. The Morgan fingerprint density at radius 1 is 1.14 bits per heavy atom. The lowest BCUT2D eigenvalue weighted by atomic mass is 10.0. The van der Waals surface area contributed by atoms with Gasteiger partial charge in [0.2, 0.25) is 0 Å². The molecule has 0 spiro atoms. The zero-order valence-electron chi connectivity index (χ0n) is 15.6. The maximum absolute atomic E-state index is 12.1. The Morgan fingerprint density at radius 3 is 2.75 bits per heavy atom. The largest absolute Gasteiger partial charge is 0.397 e. The molecule has 0 saturated heterocycles. The summed E-state index contributed by atoms with van der Waals surface area (Å²) in [6.45, 7) is 2.01. The number of nitrogen functional groups attached to an aromatic ring is 1. The number of hydrogen-bond donors (Lipinski definition) is 1. The second-order valence-corrected chi connectivity index (χ2v) is 7.71. The Labute approximate surface area is 167 Å². The van der Waals surface area contributed by atoms with Crippen molar-refractivity contribution in [2.24, 2.45) is 0 Å². The summed E-state index contributed by atoms with van der Waals surface area (Å²) < 4.78 is 0.998. The average molecular weight is 388 g/mol. The molecule has 0 aliphatic rings. The minimum atomic E-state index is 0.216. The molecule has 0 aliphatic carbocycles. The molecule has 0 amide bonds. The molecule has 4 rings (SSSR count). The number of nitrogens with two attached hydrogens (primary N) is 1. The fourth-order valence-electron chi connectivity index (χ4n) is 3.21. The Kier molecular flexibility index (Phi) is 5.12. The molecule has 6 heteroatoms. The number of anilines is 1. The fourth-order valence-corrected chi connectivity index (χ4v) is 4.30. The van der Waals surface area contributed by atoms with Crippen LogP contribution in [0.15, 0.2) is 55.0 Å². The number of nitrogens with zero attached hydrogens (tertiary/aromatic N) is 3. The van der Waals surface area contributed by atoms with Crippen molar-refractivity contribution in [1.29, 1.82) is 0 Å². The first kappa shape index (κ1) is 18.3. The van der Waals surface area contributed by atoms with Gasteiger partial charge in [-0.15, -0.1) is 11.3 Å². The van der Waals surface area contributed by atoms with Gasteiger partial charge in [-0.05, 0) is 42.3 Å². The van der Waals surface area contributed by atoms with Crippen molar-refractivity contribution >= 4 is 33.0 Å². The normalized spacial score (nSPS) is 11.0. The first-order valence-electron chi connectivity index (χ1n) is 9.22. The Morgan fingerprint density at radius 2 is 2.00 bits per heavy atom. The number of carbonyl (C=O) groups excluding carboxylic acids is 1. The highest BCUT2D eigenvalue weighted by atomic mass is 32.1. The second-order valence-electron chi connectivity index (χ2n) is 6.63. The predicted molar refractivity (Wildman–Crippen MR) is 114 cm³/mol. The highest BCUT2D eigenvalue weighted by molar-refractivity contribution is 7.19. The molecule has 0 atom stereocenters. The summed E-state index contributed by atoms with van der Waals surface area (Å²) in [5.41, 5.74) is 11.3. The van der Waals surface area contributed by atoms with E-state index < -0.39 is 0 Å². The summed E-state index contributed by atoms with van der Waals surface area (Å²) in [6, 6.07) is 11.7. The van der Waals surface area contributed by atoms with E-state index in [0.29, 0.717) is 18.5 Å². The van der Waals surface area contributed by atoms with E-state index in [1.54, 1.807) is 23.7 Å². The maximum Gasteiger partial charge on any atom is 0.139 e. The quantitative estimate of drug-likeness (QED) is 0.507. The van der Waals surface area contributed by atoms with Crippen molar-refractivity contribution in [2.45, 2.75) is 26.2 Å². The number of benzene rings is 1. The zero-order valence-corrected chi connectivity index (χ0v) is 16.4. The van der Waals surface area contributed by atoms with Crippen LogP contribution >= 0.6 is 11.3 Å². The average Bonchev–Trinajstić information content (AvgIpc) is 3.11. The smallest absolute Gasteiger partial charge is 0.139 e. The van der Waals surface area contributed by atoms with Crippen molar-refractivity contribution < 1.29 is 4.79 Å². The summed E-state index contributed by atoms with van der Waals surface area (Å²) in [6.07, 6.45) is 7.11. The fraction of sp³-hybridized carbons (Fsp3) is 0.182. The summed E-state index contributed by atoms with van der Waals surface area (Å²) >= 11 is 1.54. The number of pyridine rings is 2. The van der Waals surface area contributed by atoms with Gasteiger partial charge in [-0.3, -0.25) is 14.8 Å². The van der Waals surface area contributed by atoms with E-state index >= 15 is 0 Å². The molecule has 28 heavy (non-hydrogen) atoms. The molecule has 2 N–H and O–H groups in total. The van der Waals surface area contributed by atoms with Crippen molar-refractivity contribution in [3.63, 3.8) is 0 Å². The molecule has 140 valence electrons. The van der Waals surface area contributed by atoms with Crippen LogP contribution in [0.4, 0.5) is 5.69 Å². The standard InChI is InChI=1S/C22H20N4OS/c1-2-5-16(27)12-20-26-19-11-15(14-6-3-8-24-13-14)10-17(22(19)28-20)21-18(23)7-4-9-25-21/h3-4,6-11,13H,2,5,12,23H2,1H3. The summed E-state index contributed by atoms with van der Waals surface area (Å²) in [4.78, 5) is 25.6. The van der Waals surface area contributed by atoms with Crippen molar-refractivity contribution in [3.8, 4) is 22.4 Å². The summed E-state index contributed by atoms with van der Waals surface area (Å²) in [5.74, 6) is 0.216. The molecule has 0 saturated carbocycles. The molecule has 0 fully saturated rings. The van der Waals surface area contributed by atoms with Crippen LogP contribution in [-0.2, 0) is 11.2 Å². The number of rotatable bonds is 6.